The van der Waals surface area contributed by atoms with E-state index in [1.165, 1.54) is 0 Å². The Kier molecular flexibility index (Phi) is 3.83. The highest BCUT2D eigenvalue weighted by atomic mass is 79.9. The van der Waals surface area contributed by atoms with Crippen molar-refractivity contribution < 1.29 is 0 Å². The second kappa shape index (κ2) is 5.18. The number of rotatable bonds is 4. The molecule has 2 aromatic heterocycles. The van der Waals surface area contributed by atoms with Crippen LogP contribution in [0.4, 0.5) is 0 Å². The van der Waals surface area contributed by atoms with Crippen LogP contribution in [-0.4, -0.2) is 24.8 Å². The van der Waals surface area contributed by atoms with Gasteiger partial charge in [0.2, 0.25) is 0 Å². The highest BCUT2D eigenvalue weighted by Gasteiger charge is 2.13. The monoisotopic (exact) mass is 317 g/mol. The molecule has 2 rings (SSSR count). The van der Waals surface area contributed by atoms with Crippen molar-refractivity contribution in [2.45, 2.75) is 25.2 Å². The van der Waals surface area contributed by atoms with Crippen LogP contribution in [0.15, 0.2) is 6.20 Å². The summed E-state index contributed by atoms with van der Waals surface area (Å²) in [6, 6.07) is 0. The summed E-state index contributed by atoms with van der Waals surface area (Å²) in [6.07, 6.45) is 2.72. The summed E-state index contributed by atoms with van der Waals surface area (Å²) >= 11 is 9.61. The van der Waals surface area contributed by atoms with Gasteiger partial charge >= 0.3 is 0 Å². The fourth-order valence-electron chi connectivity index (χ4n) is 1.62. The molecule has 0 aliphatic heterocycles. The molecule has 0 amide bonds. The van der Waals surface area contributed by atoms with E-state index in [-0.39, 0.29) is 0 Å². The van der Waals surface area contributed by atoms with Crippen LogP contribution in [0, 0.1) is 0 Å². The summed E-state index contributed by atoms with van der Waals surface area (Å²) in [7, 11) is 1.89. The van der Waals surface area contributed by atoms with E-state index >= 15 is 0 Å². The smallest absolute Gasteiger partial charge is 0.0932 e. The minimum absolute atomic E-state index is 0.586. The molecule has 2 aromatic rings. The molecule has 0 unspecified atom stereocenters. The van der Waals surface area contributed by atoms with Gasteiger partial charge in [-0.15, -0.1) is 5.10 Å². The normalized spacial score (nSPS) is 11.1. The Morgan fingerprint density at radius 3 is 2.76 bits per heavy atom. The third-order valence-electron chi connectivity index (χ3n) is 2.54. The maximum atomic E-state index is 6.27. The van der Waals surface area contributed by atoms with Crippen molar-refractivity contribution in [1.29, 1.82) is 0 Å². The van der Waals surface area contributed by atoms with Crippen molar-refractivity contribution in [3.8, 4) is 0 Å². The molecule has 0 spiro atoms. The average molecular weight is 319 g/mol. The molecule has 92 valence electrons. The van der Waals surface area contributed by atoms with E-state index in [9.17, 15) is 0 Å². The zero-order valence-electron chi connectivity index (χ0n) is 9.69. The summed E-state index contributed by atoms with van der Waals surface area (Å²) < 4.78 is 3.57. The summed E-state index contributed by atoms with van der Waals surface area (Å²) in [5.41, 5.74) is 2.78. The Balaban J connectivity index is 2.26. The largest absolute Gasteiger partial charge is 0.269 e. The molecule has 0 N–H and O–H groups in total. The summed E-state index contributed by atoms with van der Waals surface area (Å²) in [5.74, 6) is 0. The molecule has 0 radical (unpaired) electrons. The number of nitrogens with zero attached hydrogens (tertiary/aromatic N) is 5. The standard InChI is InChI=1S/C10H13BrClN5/c1-3-8-10(12)9(16(2)14-8)6-17-5-7(4-11)13-15-17/h5H,3-4,6H2,1-2H3. The maximum Gasteiger partial charge on any atom is 0.0932 e. The molecule has 0 saturated carbocycles. The number of hydrogen-bond donors (Lipinski definition) is 0. The van der Waals surface area contributed by atoms with Gasteiger partial charge in [-0.2, -0.15) is 5.10 Å². The highest BCUT2D eigenvalue weighted by molar-refractivity contribution is 9.08. The van der Waals surface area contributed by atoms with Crippen LogP contribution in [0.3, 0.4) is 0 Å². The van der Waals surface area contributed by atoms with Gasteiger partial charge in [0.05, 0.1) is 28.6 Å². The van der Waals surface area contributed by atoms with Gasteiger partial charge in [0.1, 0.15) is 0 Å². The Labute approximate surface area is 113 Å². The lowest BCUT2D eigenvalue weighted by Crippen LogP contribution is -2.06. The molecular formula is C10H13BrClN5. The predicted octanol–water partition coefficient (Wildman–Crippen LogP) is 2.17. The molecule has 0 aliphatic carbocycles. The van der Waals surface area contributed by atoms with Crippen LogP contribution in [0.1, 0.15) is 24.0 Å². The summed E-state index contributed by atoms with van der Waals surface area (Å²) in [6.45, 7) is 2.62. The van der Waals surface area contributed by atoms with E-state index in [4.69, 9.17) is 11.6 Å². The van der Waals surface area contributed by atoms with E-state index in [1.54, 1.807) is 9.36 Å². The summed E-state index contributed by atoms with van der Waals surface area (Å²) in [4.78, 5) is 0. The van der Waals surface area contributed by atoms with E-state index in [2.05, 4.69) is 31.3 Å². The topological polar surface area (TPSA) is 48.5 Å². The van der Waals surface area contributed by atoms with Crippen molar-refractivity contribution in [1.82, 2.24) is 24.8 Å². The van der Waals surface area contributed by atoms with Gasteiger partial charge in [-0.25, -0.2) is 4.68 Å². The van der Waals surface area contributed by atoms with Gasteiger partial charge in [-0.1, -0.05) is 39.7 Å². The lowest BCUT2D eigenvalue weighted by Gasteiger charge is -2.01. The van der Waals surface area contributed by atoms with Crippen molar-refractivity contribution in [3.05, 3.63) is 28.3 Å². The lowest BCUT2D eigenvalue weighted by molar-refractivity contribution is 0.598. The Morgan fingerprint density at radius 2 is 2.24 bits per heavy atom. The van der Waals surface area contributed by atoms with Crippen molar-refractivity contribution in [2.75, 3.05) is 0 Å². The maximum absolute atomic E-state index is 6.27. The minimum Gasteiger partial charge on any atom is -0.269 e. The molecule has 0 bridgehead atoms. The number of hydrogen-bond acceptors (Lipinski definition) is 3. The quantitative estimate of drug-likeness (QED) is 0.812. The first-order valence-electron chi connectivity index (χ1n) is 5.31. The Bertz CT molecular complexity index is 519. The fraction of sp³-hybridized carbons (Fsp3) is 0.500. The molecule has 0 atom stereocenters. The van der Waals surface area contributed by atoms with Gasteiger partial charge in [0.25, 0.3) is 0 Å². The van der Waals surface area contributed by atoms with Gasteiger partial charge < -0.3 is 0 Å². The lowest BCUT2D eigenvalue weighted by atomic mass is 10.3. The first-order valence-corrected chi connectivity index (χ1v) is 6.80. The van der Waals surface area contributed by atoms with Crippen molar-refractivity contribution in [2.24, 2.45) is 7.05 Å². The molecular weight excluding hydrogens is 306 g/mol. The summed E-state index contributed by atoms with van der Waals surface area (Å²) in [5, 5.41) is 13.8. The van der Waals surface area contributed by atoms with Crippen LogP contribution in [0.25, 0.3) is 0 Å². The van der Waals surface area contributed by atoms with Gasteiger partial charge in [0, 0.05) is 18.6 Å². The molecule has 0 saturated heterocycles. The molecule has 5 nitrogen and oxygen atoms in total. The number of alkyl halides is 1. The fourth-order valence-corrected chi connectivity index (χ4v) is 2.23. The molecule has 0 fully saturated rings. The van der Waals surface area contributed by atoms with Gasteiger partial charge in [-0.05, 0) is 6.42 Å². The van der Waals surface area contributed by atoms with Crippen molar-refractivity contribution in [3.63, 3.8) is 0 Å². The highest BCUT2D eigenvalue weighted by Crippen LogP contribution is 2.21. The van der Waals surface area contributed by atoms with Crippen LogP contribution in [0.2, 0.25) is 5.02 Å². The number of aromatic nitrogens is 5. The molecule has 7 heteroatoms. The van der Waals surface area contributed by atoms with Crippen LogP contribution in [-0.2, 0) is 25.3 Å². The van der Waals surface area contributed by atoms with E-state index in [1.807, 2.05) is 20.2 Å². The Morgan fingerprint density at radius 1 is 1.47 bits per heavy atom. The van der Waals surface area contributed by atoms with Crippen LogP contribution < -0.4 is 0 Å². The Hall–Kier alpha value is -0.880. The number of halogens is 2. The van der Waals surface area contributed by atoms with Gasteiger partial charge in [0.15, 0.2) is 0 Å². The molecule has 2 heterocycles. The predicted molar refractivity (Wildman–Crippen MR) is 69.4 cm³/mol. The third kappa shape index (κ3) is 2.52. The van der Waals surface area contributed by atoms with E-state index in [0.29, 0.717) is 11.9 Å². The number of aryl methyl sites for hydroxylation is 2. The van der Waals surface area contributed by atoms with E-state index in [0.717, 1.165) is 28.5 Å². The van der Waals surface area contributed by atoms with E-state index < -0.39 is 0 Å². The second-order valence-electron chi connectivity index (χ2n) is 3.73. The third-order valence-corrected chi connectivity index (χ3v) is 3.55. The SMILES string of the molecule is CCc1nn(C)c(Cn2cc(CBr)nn2)c1Cl. The first-order chi connectivity index (χ1) is 8.15. The zero-order valence-corrected chi connectivity index (χ0v) is 12.0. The van der Waals surface area contributed by atoms with Crippen LogP contribution in [0.5, 0.6) is 0 Å². The second-order valence-corrected chi connectivity index (χ2v) is 4.66. The average Bonchev–Trinajstić information content (AvgIpc) is 2.88. The van der Waals surface area contributed by atoms with Gasteiger partial charge in [-0.3, -0.25) is 4.68 Å². The molecule has 0 aromatic carbocycles. The van der Waals surface area contributed by atoms with Crippen molar-refractivity contribution >= 4 is 27.5 Å². The molecule has 17 heavy (non-hydrogen) atoms. The first kappa shape index (κ1) is 12.6. The van der Waals surface area contributed by atoms with Crippen LogP contribution >= 0.6 is 27.5 Å². The molecule has 0 aliphatic rings. The minimum atomic E-state index is 0.586. The zero-order chi connectivity index (χ0) is 12.4.